The molecule has 0 saturated heterocycles. The highest BCUT2D eigenvalue weighted by Gasteiger charge is 2.23. The van der Waals surface area contributed by atoms with E-state index in [-0.39, 0.29) is 5.09 Å². The Morgan fingerprint density at radius 2 is 1.94 bits per heavy atom. The summed E-state index contributed by atoms with van der Waals surface area (Å²) in [7, 11) is 1.55. The highest BCUT2D eigenvalue weighted by atomic mass is 35.7. The molecule has 0 fully saturated rings. The summed E-state index contributed by atoms with van der Waals surface area (Å²) in [6, 6.07) is 3.88. The molecule has 17 heavy (non-hydrogen) atoms. The largest absolute Gasteiger partial charge is 0.443 e. The van der Waals surface area contributed by atoms with Crippen molar-refractivity contribution in [1.29, 1.82) is 0 Å². The molecule has 0 atom stereocenters. The molecule has 3 nitrogen and oxygen atoms in total. The van der Waals surface area contributed by atoms with Crippen molar-refractivity contribution in [3.8, 4) is 0 Å². The number of hydrogen-bond acceptors (Lipinski definition) is 3. The standard InChI is InChI=1S/C12H13ClO3S/c1-4-9-10-6-7(2)5-8(3)11(10)16-12(9)17(13,14)15/h5-6H,4H2,1-3H3. The van der Waals surface area contributed by atoms with E-state index in [1.54, 1.807) is 0 Å². The first-order valence-electron chi connectivity index (χ1n) is 5.32. The molecule has 2 aromatic rings. The van der Waals surface area contributed by atoms with E-state index in [1.165, 1.54) is 0 Å². The van der Waals surface area contributed by atoms with Gasteiger partial charge in [-0.05, 0) is 37.5 Å². The summed E-state index contributed by atoms with van der Waals surface area (Å²) < 4.78 is 28.3. The summed E-state index contributed by atoms with van der Waals surface area (Å²) in [5.74, 6) is 0. The number of benzene rings is 1. The molecule has 0 spiro atoms. The van der Waals surface area contributed by atoms with Gasteiger partial charge in [0.2, 0.25) is 5.09 Å². The summed E-state index contributed by atoms with van der Waals surface area (Å²) in [6.45, 7) is 5.74. The average molecular weight is 273 g/mol. The van der Waals surface area contributed by atoms with Crippen LogP contribution in [0.2, 0.25) is 0 Å². The molecular formula is C12H13ClO3S. The lowest BCUT2D eigenvalue weighted by Gasteiger charge is -1.98. The smallest absolute Gasteiger partial charge is 0.294 e. The monoisotopic (exact) mass is 272 g/mol. The second kappa shape index (κ2) is 4.03. The fourth-order valence-corrected chi connectivity index (χ4v) is 3.22. The maximum absolute atomic E-state index is 11.5. The van der Waals surface area contributed by atoms with Gasteiger partial charge in [-0.2, -0.15) is 0 Å². The summed E-state index contributed by atoms with van der Waals surface area (Å²) in [5, 5.41) is 0.717. The second-order valence-electron chi connectivity index (χ2n) is 4.12. The molecule has 1 aromatic carbocycles. The van der Waals surface area contributed by atoms with E-state index in [9.17, 15) is 8.42 Å². The predicted molar refractivity (Wildman–Crippen MR) is 68.1 cm³/mol. The van der Waals surface area contributed by atoms with Crippen LogP contribution in [0.15, 0.2) is 21.6 Å². The van der Waals surface area contributed by atoms with Crippen LogP contribution in [0.4, 0.5) is 0 Å². The van der Waals surface area contributed by atoms with Crippen molar-refractivity contribution in [3.05, 3.63) is 28.8 Å². The Balaban J connectivity index is 2.95. The van der Waals surface area contributed by atoms with Crippen LogP contribution >= 0.6 is 10.7 Å². The van der Waals surface area contributed by atoms with Crippen molar-refractivity contribution in [2.75, 3.05) is 0 Å². The van der Waals surface area contributed by atoms with E-state index in [0.29, 0.717) is 17.6 Å². The van der Waals surface area contributed by atoms with Gasteiger partial charge in [0.25, 0.3) is 9.05 Å². The molecule has 0 aliphatic rings. The number of aryl methyl sites for hydroxylation is 3. The molecule has 1 heterocycles. The van der Waals surface area contributed by atoms with Gasteiger partial charge in [0.15, 0.2) is 0 Å². The molecule has 0 radical (unpaired) electrons. The molecule has 0 amide bonds. The molecule has 0 saturated carbocycles. The quantitative estimate of drug-likeness (QED) is 0.786. The molecular weight excluding hydrogens is 260 g/mol. The first kappa shape index (κ1) is 12.5. The molecule has 1 aromatic heterocycles. The molecule has 0 bridgehead atoms. The maximum atomic E-state index is 11.5. The number of furan rings is 1. The normalized spacial score (nSPS) is 12.2. The summed E-state index contributed by atoms with van der Waals surface area (Å²) in [4.78, 5) is 0. The number of halogens is 1. The fourth-order valence-electron chi connectivity index (χ4n) is 2.11. The lowest BCUT2D eigenvalue weighted by atomic mass is 10.1. The van der Waals surface area contributed by atoms with Gasteiger partial charge in [0.05, 0.1) is 0 Å². The van der Waals surface area contributed by atoms with Gasteiger partial charge in [-0.1, -0.05) is 13.0 Å². The van der Waals surface area contributed by atoms with Gasteiger partial charge < -0.3 is 4.42 Å². The molecule has 0 aliphatic carbocycles. The lowest BCUT2D eigenvalue weighted by molar-refractivity contribution is 0.480. The van der Waals surface area contributed by atoms with Crippen LogP contribution < -0.4 is 0 Å². The van der Waals surface area contributed by atoms with E-state index in [1.807, 2.05) is 32.9 Å². The third kappa shape index (κ3) is 2.07. The van der Waals surface area contributed by atoms with E-state index < -0.39 is 9.05 Å². The Morgan fingerprint density at radius 1 is 1.29 bits per heavy atom. The highest BCUT2D eigenvalue weighted by molar-refractivity contribution is 8.13. The molecule has 2 rings (SSSR count). The van der Waals surface area contributed by atoms with Crippen LogP contribution in [0.3, 0.4) is 0 Å². The minimum absolute atomic E-state index is 0.120. The Morgan fingerprint density at radius 3 is 2.47 bits per heavy atom. The molecule has 5 heteroatoms. The second-order valence-corrected chi connectivity index (χ2v) is 6.58. The van der Waals surface area contributed by atoms with E-state index in [2.05, 4.69) is 0 Å². The Kier molecular flexibility index (Phi) is 2.96. The first-order chi connectivity index (χ1) is 7.84. The van der Waals surface area contributed by atoms with Crippen molar-refractivity contribution in [1.82, 2.24) is 0 Å². The molecule has 92 valence electrons. The Labute approximate surface area is 105 Å². The van der Waals surface area contributed by atoms with E-state index in [0.717, 1.165) is 16.5 Å². The summed E-state index contributed by atoms with van der Waals surface area (Å²) in [5.41, 5.74) is 3.25. The number of fused-ring (bicyclic) bond motifs is 1. The number of rotatable bonds is 2. The van der Waals surface area contributed by atoms with Crippen molar-refractivity contribution in [2.24, 2.45) is 0 Å². The zero-order chi connectivity index (χ0) is 12.8. The van der Waals surface area contributed by atoms with Crippen LogP contribution in [-0.4, -0.2) is 8.42 Å². The lowest BCUT2D eigenvalue weighted by Crippen LogP contribution is -1.92. The SMILES string of the molecule is CCc1c(S(=O)(=O)Cl)oc2c(C)cc(C)cc12. The van der Waals surface area contributed by atoms with Crippen LogP contribution in [0.25, 0.3) is 11.0 Å². The van der Waals surface area contributed by atoms with Gasteiger partial charge in [0, 0.05) is 21.6 Å². The fraction of sp³-hybridized carbons (Fsp3) is 0.333. The third-order valence-corrected chi connectivity index (χ3v) is 3.95. The molecule has 0 aliphatic heterocycles. The van der Waals surface area contributed by atoms with E-state index in [4.69, 9.17) is 15.1 Å². The molecule has 0 unspecified atom stereocenters. The van der Waals surface area contributed by atoms with Crippen molar-refractivity contribution >= 4 is 30.7 Å². The minimum atomic E-state index is -3.83. The van der Waals surface area contributed by atoms with Gasteiger partial charge in [-0.3, -0.25) is 0 Å². The third-order valence-electron chi connectivity index (χ3n) is 2.76. The summed E-state index contributed by atoms with van der Waals surface area (Å²) >= 11 is 0. The topological polar surface area (TPSA) is 47.3 Å². The van der Waals surface area contributed by atoms with Crippen molar-refractivity contribution in [2.45, 2.75) is 32.3 Å². The Hall–Kier alpha value is -1.00. The van der Waals surface area contributed by atoms with Crippen LogP contribution in [0.1, 0.15) is 23.6 Å². The molecule has 0 N–H and O–H groups in total. The Bertz CT molecular complexity index is 683. The first-order valence-corrected chi connectivity index (χ1v) is 7.62. The van der Waals surface area contributed by atoms with E-state index >= 15 is 0 Å². The van der Waals surface area contributed by atoms with Gasteiger partial charge in [0.1, 0.15) is 5.58 Å². The van der Waals surface area contributed by atoms with Gasteiger partial charge >= 0.3 is 0 Å². The zero-order valence-corrected chi connectivity index (χ0v) is 11.4. The zero-order valence-electron chi connectivity index (χ0n) is 9.87. The van der Waals surface area contributed by atoms with Gasteiger partial charge in [-0.15, -0.1) is 0 Å². The average Bonchev–Trinajstić information content (AvgIpc) is 2.55. The minimum Gasteiger partial charge on any atom is -0.443 e. The predicted octanol–water partition coefficient (Wildman–Crippen LogP) is 3.54. The van der Waals surface area contributed by atoms with Crippen LogP contribution in [-0.2, 0) is 15.5 Å². The van der Waals surface area contributed by atoms with Gasteiger partial charge in [-0.25, -0.2) is 8.42 Å². The van der Waals surface area contributed by atoms with Crippen molar-refractivity contribution in [3.63, 3.8) is 0 Å². The van der Waals surface area contributed by atoms with Crippen LogP contribution in [0.5, 0.6) is 0 Å². The maximum Gasteiger partial charge on any atom is 0.294 e. The van der Waals surface area contributed by atoms with Crippen LogP contribution in [0, 0.1) is 13.8 Å². The highest BCUT2D eigenvalue weighted by Crippen LogP contribution is 2.34. The van der Waals surface area contributed by atoms with Crippen molar-refractivity contribution < 1.29 is 12.8 Å². The summed E-state index contributed by atoms with van der Waals surface area (Å²) in [6.07, 6.45) is 0.567. The number of hydrogen-bond donors (Lipinski definition) is 0.